The molecule has 136 valence electrons. The Kier molecular flexibility index (Phi) is 6.61. The summed E-state index contributed by atoms with van der Waals surface area (Å²) >= 11 is 21.1. The van der Waals surface area contributed by atoms with Crippen LogP contribution < -0.4 is 0 Å². The van der Waals surface area contributed by atoms with Crippen molar-refractivity contribution in [1.29, 1.82) is 0 Å². The van der Waals surface area contributed by atoms with E-state index in [1.165, 1.54) is 24.3 Å². The summed E-state index contributed by atoms with van der Waals surface area (Å²) in [5.41, 5.74) is 1.61. The van der Waals surface area contributed by atoms with E-state index in [1.807, 2.05) is 0 Å². The largest absolute Gasteiger partial charge is 0.270 e. The topological polar surface area (TPSA) is 74.8 Å². The number of hydrogen-bond acceptors (Lipinski definition) is 4. The normalized spacial score (nSPS) is 12.7. The molecule has 0 aliphatic heterocycles. The molecule has 0 atom stereocenters. The van der Waals surface area contributed by atoms with Crippen LogP contribution in [0.2, 0.25) is 0 Å². The van der Waals surface area contributed by atoms with Gasteiger partial charge in [-0.3, -0.25) is 0 Å². The number of rotatable bonds is 6. The lowest BCUT2D eigenvalue weighted by molar-refractivity contribution is 0.578. The quantitative estimate of drug-likeness (QED) is 0.609. The Morgan fingerprint density at radius 2 is 0.880 bits per heavy atom. The number of benzene rings is 2. The maximum absolute atomic E-state index is 11.8. The fourth-order valence-electron chi connectivity index (χ4n) is 1.95. The number of halogens is 4. The molecule has 0 N–H and O–H groups in total. The van der Waals surface area contributed by atoms with Gasteiger partial charge in [-0.25, -0.2) is 16.8 Å². The van der Waals surface area contributed by atoms with Gasteiger partial charge in [0.15, 0.2) is 0 Å². The highest BCUT2D eigenvalue weighted by atomic mass is 35.6. The van der Waals surface area contributed by atoms with Crippen LogP contribution in [0.15, 0.2) is 58.3 Å². The Balaban J connectivity index is 2.18. The molecule has 0 aromatic heterocycles. The van der Waals surface area contributed by atoms with Crippen molar-refractivity contribution >= 4 is 67.2 Å². The van der Waals surface area contributed by atoms with Crippen molar-refractivity contribution in [2.45, 2.75) is 16.2 Å². The molecule has 6 nitrogen and oxygen atoms in total. The van der Waals surface area contributed by atoms with Crippen molar-refractivity contribution < 1.29 is 16.8 Å². The number of hydrogen-bond donors (Lipinski definition) is 0. The molecular formula is C13H10Cl4N2O4S2. The van der Waals surface area contributed by atoms with Crippen molar-refractivity contribution in [3.63, 3.8) is 0 Å². The van der Waals surface area contributed by atoms with E-state index in [4.69, 9.17) is 47.1 Å². The zero-order valence-corrected chi connectivity index (χ0v) is 16.8. The molecule has 0 aliphatic carbocycles. The minimum absolute atomic E-state index is 0.0491. The van der Waals surface area contributed by atoms with Gasteiger partial charge < -0.3 is 0 Å². The third kappa shape index (κ3) is 4.78. The SMILES string of the molecule is O=S(=O)(c1ccc(Cc2ccc(S(=O)(=O)N(Cl)Cl)cc2)cc1)N(Cl)Cl. The second kappa shape index (κ2) is 7.98. The Hall–Kier alpha value is -0.580. The summed E-state index contributed by atoms with van der Waals surface area (Å²) in [5.74, 6) is 0. The molecule has 12 heteroatoms. The van der Waals surface area contributed by atoms with E-state index in [9.17, 15) is 16.8 Å². The second-order valence-corrected chi connectivity index (χ2v) is 10.9. The third-order valence-corrected chi connectivity index (χ3v) is 7.86. The van der Waals surface area contributed by atoms with Crippen molar-refractivity contribution in [2.75, 3.05) is 0 Å². The molecule has 2 aromatic carbocycles. The van der Waals surface area contributed by atoms with E-state index in [0.717, 1.165) is 11.1 Å². The van der Waals surface area contributed by atoms with Crippen LogP contribution in [-0.4, -0.2) is 23.5 Å². The molecule has 2 aromatic rings. The first kappa shape index (κ1) is 20.7. The van der Waals surface area contributed by atoms with Gasteiger partial charge in [0.2, 0.25) is 0 Å². The van der Waals surface area contributed by atoms with Crippen LogP contribution in [-0.2, 0) is 26.5 Å². The van der Waals surface area contributed by atoms with Gasteiger partial charge in [0.1, 0.15) is 0 Å². The average Bonchev–Trinajstić information content (AvgIpc) is 2.55. The summed E-state index contributed by atoms with van der Waals surface area (Å²) < 4.78 is 47.3. The van der Waals surface area contributed by atoms with Gasteiger partial charge in [-0.1, -0.05) is 24.3 Å². The van der Waals surface area contributed by atoms with Crippen LogP contribution in [0.1, 0.15) is 11.1 Å². The summed E-state index contributed by atoms with van der Waals surface area (Å²) in [6.45, 7) is 0. The Morgan fingerprint density at radius 1 is 0.600 bits per heavy atom. The fourth-order valence-corrected chi connectivity index (χ4v) is 4.19. The third-order valence-electron chi connectivity index (χ3n) is 3.21. The standard InChI is InChI=1S/C13H10Cl4N2O4S2/c14-18(15)24(20,21)12-5-1-10(2-6-12)9-11-3-7-13(8-4-11)25(22,23)19(16)17/h1-8H,9H2. The predicted molar refractivity (Wildman–Crippen MR) is 97.2 cm³/mol. The van der Waals surface area contributed by atoms with E-state index in [1.54, 1.807) is 24.3 Å². The number of sulfonamides is 2. The van der Waals surface area contributed by atoms with Crippen molar-refractivity contribution in [2.24, 2.45) is 0 Å². The maximum Gasteiger partial charge on any atom is 0.270 e. The highest BCUT2D eigenvalue weighted by Crippen LogP contribution is 2.23. The van der Waals surface area contributed by atoms with E-state index in [0.29, 0.717) is 6.42 Å². The Bertz CT molecular complexity index is 865. The monoisotopic (exact) mass is 462 g/mol. The van der Waals surface area contributed by atoms with Crippen molar-refractivity contribution in [1.82, 2.24) is 6.69 Å². The molecule has 0 saturated heterocycles. The fraction of sp³-hybridized carbons (Fsp3) is 0.0769. The molecule has 0 heterocycles. The van der Waals surface area contributed by atoms with E-state index in [2.05, 4.69) is 0 Å². The summed E-state index contributed by atoms with van der Waals surface area (Å²) in [5, 5.41) is 0. The zero-order valence-electron chi connectivity index (χ0n) is 12.2. The summed E-state index contributed by atoms with van der Waals surface area (Å²) in [4.78, 5) is -0.0981. The highest BCUT2D eigenvalue weighted by molar-refractivity contribution is 7.91. The van der Waals surface area contributed by atoms with Crippen LogP contribution in [0, 0.1) is 0 Å². The van der Waals surface area contributed by atoms with E-state index in [-0.39, 0.29) is 16.5 Å². The number of nitrogens with zero attached hydrogens (tertiary/aromatic N) is 2. The molecule has 0 amide bonds. The maximum atomic E-state index is 11.8. The van der Waals surface area contributed by atoms with Crippen LogP contribution in [0.5, 0.6) is 0 Å². The summed E-state index contributed by atoms with van der Waals surface area (Å²) in [6, 6.07) is 11.9. The zero-order chi connectivity index (χ0) is 18.8. The highest BCUT2D eigenvalue weighted by Gasteiger charge is 2.22. The minimum atomic E-state index is -3.93. The van der Waals surface area contributed by atoms with Crippen molar-refractivity contribution in [3.05, 3.63) is 59.7 Å². The lowest BCUT2D eigenvalue weighted by atomic mass is 10.1. The summed E-state index contributed by atoms with van der Waals surface area (Å²) in [6.07, 6.45) is 0.456. The van der Waals surface area contributed by atoms with Gasteiger partial charge in [-0.15, -0.1) is 0 Å². The first-order chi connectivity index (χ1) is 11.5. The van der Waals surface area contributed by atoms with Crippen LogP contribution in [0.4, 0.5) is 0 Å². The molecule has 0 aliphatic rings. The molecule has 0 fully saturated rings. The van der Waals surface area contributed by atoms with Crippen molar-refractivity contribution in [3.8, 4) is 0 Å². The van der Waals surface area contributed by atoms with Crippen LogP contribution in [0.25, 0.3) is 0 Å². The molecule has 0 radical (unpaired) electrons. The Labute approximate surface area is 166 Å². The molecular weight excluding hydrogens is 454 g/mol. The van der Waals surface area contributed by atoms with Crippen LogP contribution >= 0.6 is 47.1 Å². The first-order valence-electron chi connectivity index (χ1n) is 6.47. The molecule has 2 rings (SSSR count). The lowest BCUT2D eigenvalue weighted by Crippen LogP contribution is -2.12. The van der Waals surface area contributed by atoms with Gasteiger partial charge in [0.25, 0.3) is 20.0 Å². The molecule has 0 spiro atoms. The second-order valence-electron chi connectivity index (χ2n) is 4.82. The van der Waals surface area contributed by atoms with Gasteiger partial charge in [0, 0.05) is 47.1 Å². The van der Waals surface area contributed by atoms with E-state index >= 15 is 0 Å². The molecule has 0 bridgehead atoms. The molecule has 0 saturated carbocycles. The minimum Gasteiger partial charge on any atom is -0.204 e. The van der Waals surface area contributed by atoms with Gasteiger partial charge >= 0.3 is 0 Å². The van der Waals surface area contributed by atoms with Crippen LogP contribution in [0.3, 0.4) is 0 Å². The average molecular weight is 464 g/mol. The van der Waals surface area contributed by atoms with E-state index < -0.39 is 20.0 Å². The van der Waals surface area contributed by atoms with Gasteiger partial charge in [-0.05, 0) is 48.5 Å². The van der Waals surface area contributed by atoms with Gasteiger partial charge in [-0.2, -0.15) is 0 Å². The Morgan fingerprint density at radius 3 is 1.12 bits per heavy atom. The smallest absolute Gasteiger partial charge is 0.204 e. The molecule has 0 unspecified atom stereocenters. The van der Waals surface area contributed by atoms with Gasteiger partial charge in [0.05, 0.1) is 9.79 Å². The lowest BCUT2D eigenvalue weighted by Gasteiger charge is -2.09. The first-order valence-corrected chi connectivity index (χ1v) is 10.7. The predicted octanol–water partition coefficient (Wildman–Crippen LogP) is 3.87. The summed E-state index contributed by atoms with van der Waals surface area (Å²) in [7, 11) is -7.86. The molecule has 25 heavy (non-hydrogen) atoms.